The number of carbonyl (C=O) groups excluding carboxylic acids is 1. The van der Waals surface area contributed by atoms with Gasteiger partial charge in [0.1, 0.15) is 6.04 Å². The van der Waals surface area contributed by atoms with Gasteiger partial charge in [-0.3, -0.25) is 4.79 Å². The Hall–Kier alpha value is -2.59. The number of nitrogens with one attached hydrogen (secondary N) is 1. The van der Waals surface area contributed by atoms with E-state index in [0.717, 1.165) is 22.0 Å². The quantitative estimate of drug-likeness (QED) is 0.727. The lowest BCUT2D eigenvalue weighted by Crippen LogP contribution is -2.38. The van der Waals surface area contributed by atoms with Crippen molar-refractivity contribution in [2.45, 2.75) is 12.0 Å². The molecule has 0 spiro atoms. The number of aromatic amines is 1. The number of fused-ring (bicyclic) bond motifs is 1. The van der Waals surface area contributed by atoms with E-state index in [2.05, 4.69) is 4.98 Å². The Labute approximate surface area is 128 Å². The smallest absolute Gasteiger partial charge is 0.323 e. The number of rotatable bonds is 4. The van der Waals surface area contributed by atoms with Crippen LogP contribution in [0.4, 0.5) is 0 Å². The van der Waals surface area contributed by atoms with Gasteiger partial charge in [0.25, 0.3) is 0 Å². The number of para-hydroxylation sites is 1. The Kier molecular flexibility index (Phi) is 3.94. The molecule has 0 bridgehead atoms. The highest BCUT2D eigenvalue weighted by atomic mass is 16.5. The fraction of sp³-hybridized carbons (Fsp3) is 0.167. The van der Waals surface area contributed by atoms with Crippen LogP contribution < -0.4 is 5.73 Å². The van der Waals surface area contributed by atoms with E-state index in [9.17, 15) is 4.79 Å². The van der Waals surface area contributed by atoms with Crippen molar-refractivity contribution in [2.24, 2.45) is 5.73 Å². The van der Waals surface area contributed by atoms with Crippen molar-refractivity contribution < 1.29 is 9.53 Å². The maximum Gasteiger partial charge on any atom is 0.323 e. The summed E-state index contributed by atoms with van der Waals surface area (Å²) in [7, 11) is 1.36. The molecule has 2 atom stereocenters. The Morgan fingerprint density at radius 1 is 1.09 bits per heavy atom. The molecule has 3 aromatic rings. The molecular weight excluding hydrogens is 276 g/mol. The first kappa shape index (κ1) is 14.4. The van der Waals surface area contributed by atoms with E-state index in [1.165, 1.54) is 7.11 Å². The summed E-state index contributed by atoms with van der Waals surface area (Å²) in [4.78, 5) is 15.2. The zero-order valence-corrected chi connectivity index (χ0v) is 12.3. The van der Waals surface area contributed by atoms with Gasteiger partial charge in [-0.15, -0.1) is 0 Å². The van der Waals surface area contributed by atoms with Crippen molar-refractivity contribution in [3.05, 3.63) is 71.9 Å². The fourth-order valence-electron chi connectivity index (χ4n) is 2.86. The van der Waals surface area contributed by atoms with Crippen LogP contribution >= 0.6 is 0 Å². The molecule has 22 heavy (non-hydrogen) atoms. The topological polar surface area (TPSA) is 68.1 Å². The summed E-state index contributed by atoms with van der Waals surface area (Å²) in [5, 5.41) is 1.07. The molecule has 1 heterocycles. The minimum atomic E-state index is -0.758. The van der Waals surface area contributed by atoms with E-state index in [1.807, 2.05) is 60.8 Å². The van der Waals surface area contributed by atoms with Crippen LogP contribution in [0.25, 0.3) is 10.9 Å². The number of hydrogen-bond acceptors (Lipinski definition) is 3. The zero-order valence-electron chi connectivity index (χ0n) is 12.3. The van der Waals surface area contributed by atoms with Crippen LogP contribution in [-0.2, 0) is 9.53 Å². The molecule has 1 aromatic heterocycles. The molecule has 0 aliphatic carbocycles. The lowest BCUT2D eigenvalue weighted by molar-refractivity contribution is -0.142. The van der Waals surface area contributed by atoms with E-state index in [4.69, 9.17) is 10.5 Å². The van der Waals surface area contributed by atoms with E-state index in [-0.39, 0.29) is 5.92 Å². The molecular formula is C18H18N2O2. The molecule has 3 N–H and O–H groups in total. The van der Waals surface area contributed by atoms with Crippen LogP contribution in [0.3, 0.4) is 0 Å². The lowest BCUT2D eigenvalue weighted by Gasteiger charge is -2.22. The lowest BCUT2D eigenvalue weighted by atomic mass is 9.85. The highest BCUT2D eigenvalue weighted by Gasteiger charge is 2.30. The highest BCUT2D eigenvalue weighted by Crippen LogP contribution is 2.33. The highest BCUT2D eigenvalue weighted by molar-refractivity contribution is 5.86. The number of esters is 1. The number of carbonyl (C=O) groups is 1. The molecule has 2 aromatic carbocycles. The average molecular weight is 294 g/mol. The number of methoxy groups -OCH3 is 1. The van der Waals surface area contributed by atoms with Crippen molar-refractivity contribution in [2.75, 3.05) is 7.11 Å². The van der Waals surface area contributed by atoms with Crippen LogP contribution in [0.5, 0.6) is 0 Å². The summed E-state index contributed by atoms with van der Waals surface area (Å²) >= 11 is 0. The number of benzene rings is 2. The molecule has 4 nitrogen and oxygen atoms in total. The maximum atomic E-state index is 12.0. The van der Waals surface area contributed by atoms with Gasteiger partial charge in [0, 0.05) is 23.0 Å². The van der Waals surface area contributed by atoms with Gasteiger partial charge in [0.05, 0.1) is 7.11 Å². The van der Waals surface area contributed by atoms with Crippen molar-refractivity contribution >= 4 is 16.9 Å². The number of nitrogens with two attached hydrogens (primary N) is 1. The standard InChI is InChI=1S/C18H18N2O2/c1-22-18(21)17(19)16(12-7-3-2-4-8-12)14-11-20-15-10-6-5-9-13(14)15/h2-11,16-17,20H,19H2,1H3/t16-,17+/m1/s1. The Morgan fingerprint density at radius 2 is 1.77 bits per heavy atom. The number of H-pyrrole nitrogens is 1. The van der Waals surface area contributed by atoms with Gasteiger partial charge in [-0.1, -0.05) is 48.5 Å². The monoisotopic (exact) mass is 294 g/mol. The van der Waals surface area contributed by atoms with Crippen molar-refractivity contribution in [1.29, 1.82) is 0 Å². The van der Waals surface area contributed by atoms with Gasteiger partial charge in [0.2, 0.25) is 0 Å². The minimum Gasteiger partial charge on any atom is -0.468 e. The maximum absolute atomic E-state index is 12.0. The third-order valence-corrected chi connectivity index (χ3v) is 3.95. The van der Waals surface area contributed by atoms with Gasteiger partial charge in [-0.2, -0.15) is 0 Å². The number of aromatic nitrogens is 1. The predicted octanol–water partition coefficient (Wildman–Crippen LogP) is 2.80. The Balaban J connectivity index is 2.15. The SMILES string of the molecule is COC(=O)[C@@H](N)[C@H](c1ccccc1)c1c[nH]c2ccccc12. The van der Waals surface area contributed by atoms with Crippen LogP contribution in [0.2, 0.25) is 0 Å². The molecule has 0 saturated carbocycles. The zero-order chi connectivity index (χ0) is 15.5. The molecule has 3 rings (SSSR count). The Morgan fingerprint density at radius 3 is 2.50 bits per heavy atom. The van der Waals surface area contributed by atoms with Crippen LogP contribution in [-0.4, -0.2) is 24.1 Å². The predicted molar refractivity (Wildman–Crippen MR) is 86.6 cm³/mol. The first-order valence-corrected chi connectivity index (χ1v) is 7.16. The average Bonchev–Trinajstić information content (AvgIpc) is 2.99. The fourth-order valence-corrected chi connectivity index (χ4v) is 2.86. The second kappa shape index (κ2) is 6.03. The largest absolute Gasteiger partial charge is 0.468 e. The molecule has 0 amide bonds. The van der Waals surface area contributed by atoms with E-state index in [0.29, 0.717) is 0 Å². The van der Waals surface area contributed by atoms with Gasteiger partial charge in [0.15, 0.2) is 0 Å². The summed E-state index contributed by atoms with van der Waals surface area (Å²) in [5.74, 6) is -0.677. The van der Waals surface area contributed by atoms with Gasteiger partial charge < -0.3 is 15.5 Å². The summed E-state index contributed by atoms with van der Waals surface area (Å²) in [6, 6.07) is 17.0. The van der Waals surface area contributed by atoms with Gasteiger partial charge in [-0.05, 0) is 17.2 Å². The molecule has 0 saturated heterocycles. The van der Waals surface area contributed by atoms with E-state index >= 15 is 0 Å². The minimum absolute atomic E-state index is 0.259. The van der Waals surface area contributed by atoms with Crippen molar-refractivity contribution in [1.82, 2.24) is 4.98 Å². The molecule has 0 unspecified atom stereocenters. The van der Waals surface area contributed by atoms with Crippen LogP contribution in [0, 0.1) is 0 Å². The van der Waals surface area contributed by atoms with Crippen molar-refractivity contribution in [3.63, 3.8) is 0 Å². The van der Waals surface area contributed by atoms with Gasteiger partial charge in [-0.25, -0.2) is 0 Å². The summed E-state index contributed by atoms with van der Waals surface area (Å²) in [5.41, 5.74) is 9.21. The molecule has 4 heteroatoms. The molecule has 0 radical (unpaired) electrons. The van der Waals surface area contributed by atoms with E-state index < -0.39 is 12.0 Å². The molecule has 0 fully saturated rings. The number of ether oxygens (including phenoxy) is 1. The first-order chi connectivity index (χ1) is 10.7. The van der Waals surface area contributed by atoms with Crippen molar-refractivity contribution in [3.8, 4) is 0 Å². The number of hydrogen-bond donors (Lipinski definition) is 2. The summed E-state index contributed by atoms with van der Waals surface area (Å²) < 4.78 is 4.85. The third-order valence-electron chi connectivity index (χ3n) is 3.95. The summed E-state index contributed by atoms with van der Waals surface area (Å²) in [6.07, 6.45) is 1.92. The molecule has 112 valence electrons. The second-order valence-electron chi connectivity index (χ2n) is 5.23. The molecule has 0 aliphatic rings. The molecule has 0 aliphatic heterocycles. The first-order valence-electron chi connectivity index (χ1n) is 7.16. The van der Waals surface area contributed by atoms with E-state index in [1.54, 1.807) is 0 Å². The van der Waals surface area contributed by atoms with Crippen LogP contribution in [0.15, 0.2) is 60.8 Å². The third kappa shape index (κ3) is 2.49. The van der Waals surface area contributed by atoms with Gasteiger partial charge >= 0.3 is 5.97 Å². The summed E-state index contributed by atoms with van der Waals surface area (Å²) in [6.45, 7) is 0. The Bertz CT molecular complexity index is 780. The van der Waals surface area contributed by atoms with Crippen LogP contribution in [0.1, 0.15) is 17.0 Å². The second-order valence-corrected chi connectivity index (χ2v) is 5.23. The normalized spacial score (nSPS) is 13.7.